The molecule has 0 saturated heterocycles. The molecule has 0 bridgehead atoms. The largest absolute Gasteiger partial charge is 0.419 e. The highest BCUT2D eigenvalue weighted by molar-refractivity contribution is 5.93. The highest BCUT2D eigenvalue weighted by atomic mass is 19.4. The number of carbonyl (C=O) groups excluding carboxylic acids is 1. The predicted octanol–water partition coefficient (Wildman–Crippen LogP) is 3.83. The molecular weight excluding hydrogens is 401 g/mol. The van der Waals surface area contributed by atoms with E-state index in [-0.39, 0.29) is 24.3 Å². The zero-order valence-corrected chi connectivity index (χ0v) is 15.4. The molecule has 2 aromatic carbocycles. The number of alkyl halides is 3. The first-order valence-corrected chi connectivity index (χ1v) is 8.92. The number of nitrogens with zero attached hydrogens (tertiary/aromatic N) is 3. The molecule has 2 heterocycles. The van der Waals surface area contributed by atoms with Crippen molar-refractivity contribution in [2.24, 2.45) is 0 Å². The number of anilines is 1. The van der Waals surface area contributed by atoms with Crippen LogP contribution in [-0.2, 0) is 17.5 Å². The molecule has 0 saturated carbocycles. The SMILES string of the molecule is O=C(CCn1c(=O)oc2ccccc21)Nc1cc(C(F)(F)F)ccc1-n1cccn1. The monoisotopic (exact) mass is 416 g/mol. The van der Waals surface area contributed by atoms with E-state index < -0.39 is 23.4 Å². The fourth-order valence-corrected chi connectivity index (χ4v) is 3.08. The van der Waals surface area contributed by atoms with E-state index in [2.05, 4.69) is 10.4 Å². The van der Waals surface area contributed by atoms with Crippen LogP contribution in [0, 0.1) is 0 Å². The Bertz CT molecular complexity index is 1260. The normalized spacial score (nSPS) is 11.7. The molecule has 1 N–H and O–H groups in total. The first-order chi connectivity index (χ1) is 14.3. The number of fused-ring (bicyclic) bond motifs is 1. The number of aryl methyl sites for hydroxylation is 1. The minimum absolute atomic E-state index is 0.0117. The van der Waals surface area contributed by atoms with Gasteiger partial charge in [0.05, 0.1) is 22.5 Å². The number of amides is 1. The maximum Gasteiger partial charge on any atom is 0.419 e. The molecule has 0 aliphatic heterocycles. The van der Waals surface area contributed by atoms with Crippen LogP contribution in [-0.4, -0.2) is 20.3 Å². The van der Waals surface area contributed by atoms with Gasteiger partial charge in [-0.2, -0.15) is 18.3 Å². The third-order valence-corrected chi connectivity index (χ3v) is 4.49. The lowest BCUT2D eigenvalue weighted by Crippen LogP contribution is -2.20. The molecule has 0 fully saturated rings. The smallest absolute Gasteiger partial charge is 0.408 e. The molecule has 10 heteroatoms. The van der Waals surface area contributed by atoms with Gasteiger partial charge in [-0.3, -0.25) is 9.36 Å². The average Bonchev–Trinajstić information content (AvgIpc) is 3.33. The Hall–Kier alpha value is -3.82. The van der Waals surface area contributed by atoms with Crippen LogP contribution in [0.15, 0.2) is 70.1 Å². The van der Waals surface area contributed by atoms with E-state index in [4.69, 9.17) is 4.42 Å². The molecule has 0 aliphatic carbocycles. The number of nitrogens with one attached hydrogen (secondary N) is 1. The number of hydrogen-bond acceptors (Lipinski definition) is 4. The Morgan fingerprint density at radius 1 is 1.13 bits per heavy atom. The maximum atomic E-state index is 13.1. The van der Waals surface area contributed by atoms with E-state index in [1.54, 1.807) is 36.5 Å². The van der Waals surface area contributed by atoms with Crippen molar-refractivity contribution >= 4 is 22.7 Å². The standard InChI is InChI=1S/C20H15F3N4O3/c21-20(22,23)13-6-7-15(27-10-3-9-24-27)14(12-13)25-18(28)8-11-26-16-4-1-2-5-17(16)30-19(26)29/h1-7,9-10,12H,8,11H2,(H,25,28). The summed E-state index contributed by atoms with van der Waals surface area (Å²) in [7, 11) is 0. The number of hydrogen-bond donors (Lipinski definition) is 1. The Balaban J connectivity index is 1.57. The molecule has 154 valence electrons. The molecule has 30 heavy (non-hydrogen) atoms. The van der Waals surface area contributed by atoms with E-state index in [0.717, 1.165) is 12.1 Å². The lowest BCUT2D eigenvalue weighted by atomic mass is 10.1. The van der Waals surface area contributed by atoms with Crippen molar-refractivity contribution in [2.75, 3.05) is 5.32 Å². The van der Waals surface area contributed by atoms with Crippen LogP contribution in [0.5, 0.6) is 0 Å². The summed E-state index contributed by atoms with van der Waals surface area (Å²) in [5.74, 6) is -1.17. The summed E-state index contributed by atoms with van der Waals surface area (Å²) in [5.41, 5.74) is 0.273. The molecule has 4 aromatic rings. The number of halogens is 3. The maximum absolute atomic E-state index is 13.1. The van der Waals surface area contributed by atoms with Gasteiger partial charge in [-0.25, -0.2) is 9.48 Å². The van der Waals surface area contributed by atoms with Gasteiger partial charge >= 0.3 is 11.9 Å². The lowest BCUT2D eigenvalue weighted by Gasteiger charge is -2.14. The summed E-state index contributed by atoms with van der Waals surface area (Å²) < 4.78 is 47.1. The van der Waals surface area contributed by atoms with Crippen molar-refractivity contribution in [1.29, 1.82) is 0 Å². The number of para-hydroxylation sites is 2. The summed E-state index contributed by atoms with van der Waals surface area (Å²) in [5, 5.41) is 6.50. The number of oxazole rings is 1. The van der Waals surface area contributed by atoms with E-state index >= 15 is 0 Å². The van der Waals surface area contributed by atoms with Gasteiger partial charge in [-0.1, -0.05) is 12.1 Å². The Morgan fingerprint density at radius 2 is 1.93 bits per heavy atom. The van der Waals surface area contributed by atoms with Crippen molar-refractivity contribution in [3.63, 3.8) is 0 Å². The second-order valence-corrected chi connectivity index (χ2v) is 6.47. The molecular formula is C20H15F3N4O3. The topological polar surface area (TPSA) is 82.1 Å². The van der Waals surface area contributed by atoms with E-state index in [1.165, 1.54) is 21.5 Å². The van der Waals surface area contributed by atoms with E-state index in [9.17, 15) is 22.8 Å². The highest BCUT2D eigenvalue weighted by Crippen LogP contribution is 2.33. The molecule has 7 nitrogen and oxygen atoms in total. The van der Waals surface area contributed by atoms with Crippen LogP contribution in [0.1, 0.15) is 12.0 Å². The van der Waals surface area contributed by atoms with E-state index in [1.807, 2.05) is 0 Å². The second-order valence-electron chi connectivity index (χ2n) is 6.47. The number of carbonyl (C=O) groups is 1. The summed E-state index contributed by atoms with van der Waals surface area (Å²) >= 11 is 0. The Morgan fingerprint density at radius 3 is 2.67 bits per heavy atom. The van der Waals surface area contributed by atoms with Crippen LogP contribution in [0.2, 0.25) is 0 Å². The van der Waals surface area contributed by atoms with Crippen LogP contribution < -0.4 is 11.1 Å². The number of aromatic nitrogens is 3. The number of benzene rings is 2. The van der Waals surface area contributed by atoms with Crippen LogP contribution in [0.4, 0.5) is 18.9 Å². The van der Waals surface area contributed by atoms with Gasteiger partial charge in [0.25, 0.3) is 0 Å². The van der Waals surface area contributed by atoms with Crippen molar-refractivity contribution < 1.29 is 22.4 Å². The van der Waals surface area contributed by atoms with Crippen molar-refractivity contribution in [1.82, 2.24) is 14.3 Å². The first-order valence-electron chi connectivity index (χ1n) is 8.92. The third kappa shape index (κ3) is 3.84. The van der Waals surface area contributed by atoms with Crippen LogP contribution >= 0.6 is 0 Å². The average molecular weight is 416 g/mol. The van der Waals surface area contributed by atoms with Gasteiger partial charge < -0.3 is 9.73 Å². The summed E-state index contributed by atoms with van der Waals surface area (Å²) in [6.45, 7) is 0.0117. The molecule has 4 rings (SSSR count). The number of rotatable bonds is 5. The summed E-state index contributed by atoms with van der Waals surface area (Å²) in [6.07, 6.45) is -1.68. The Labute approximate surface area is 167 Å². The van der Waals surface area contributed by atoms with Crippen molar-refractivity contribution in [3.8, 4) is 5.69 Å². The minimum atomic E-state index is -4.56. The molecule has 0 spiro atoms. The molecule has 2 aromatic heterocycles. The molecule has 1 amide bonds. The first kappa shape index (κ1) is 19.5. The highest BCUT2D eigenvalue weighted by Gasteiger charge is 2.31. The molecule has 0 radical (unpaired) electrons. The van der Waals surface area contributed by atoms with Gasteiger partial charge in [0.1, 0.15) is 0 Å². The fraction of sp³-hybridized carbons (Fsp3) is 0.150. The van der Waals surface area contributed by atoms with Gasteiger partial charge in [0, 0.05) is 25.4 Å². The summed E-state index contributed by atoms with van der Waals surface area (Å²) in [6, 6.07) is 11.4. The quantitative estimate of drug-likeness (QED) is 0.536. The molecule has 0 aliphatic rings. The van der Waals surface area contributed by atoms with E-state index in [0.29, 0.717) is 11.1 Å². The molecule has 0 unspecified atom stereocenters. The second kappa shape index (κ2) is 7.54. The minimum Gasteiger partial charge on any atom is -0.408 e. The van der Waals surface area contributed by atoms with Crippen molar-refractivity contribution in [3.05, 3.63) is 77.0 Å². The van der Waals surface area contributed by atoms with Gasteiger partial charge in [0.2, 0.25) is 5.91 Å². The zero-order valence-electron chi connectivity index (χ0n) is 15.4. The lowest BCUT2D eigenvalue weighted by molar-refractivity contribution is -0.137. The van der Waals surface area contributed by atoms with Gasteiger partial charge in [-0.05, 0) is 36.4 Å². The van der Waals surface area contributed by atoms with Gasteiger partial charge in [0.15, 0.2) is 5.58 Å². The van der Waals surface area contributed by atoms with Crippen LogP contribution in [0.25, 0.3) is 16.8 Å². The fourth-order valence-electron chi connectivity index (χ4n) is 3.08. The van der Waals surface area contributed by atoms with Gasteiger partial charge in [-0.15, -0.1) is 0 Å². The summed E-state index contributed by atoms with van der Waals surface area (Å²) in [4.78, 5) is 24.5. The van der Waals surface area contributed by atoms with Crippen molar-refractivity contribution in [2.45, 2.75) is 19.1 Å². The molecule has 0 atom stereocenters. The Kier molecular flexibility index (Phi) is 4.90. The third-order valence-electron chi connectivity index (χ3n) is 4.49. The zero-order chi connectivity index (χ0) is 21.3. The predicted molar refractivity (Wildman–Crippen MR) is 102 cm³/mol. The van der Waals surface area contributed by atoms with Crippen LogP contribution in [0.3, 0.4) is 0 Å².